The molecule has 4 heteroatoms. The molecule has 0 radical (unpaired) electrons. The van der Waals surface area contributed by atoms with Gasteiger partial charge in [-0.3, -0.25) is 5.10 Å². The van der Waals surface area contributed by atoms with Gasteiger partial charge in [0.25, 0.3) is 0 Å². The van der Waals surface area contributed by atoms with Crippen LogP contribution in [0.5, 0.6) is 0 Å². The number of nitrogens with two attached hydrogens (primary N) is 1. The first-order valence-electron chi connectivity index (χ1n) is 4.61. The molecule has 0 spiro atoms. The van der Waals surface area contributed by atoms with Crippen molar-refractivity contribution in [2.75, 3.05) is 5.73 Å². The van der Waals surface area contributed by atoms with Crippen LogP contribution in [0, 0.1) is 0 Å². The van der Waals surface area contributed by atoms with Crippen LogP contribution in [-0.4, -0.2) is 10.2 Å². The van der Waals surface area contributed by atoms with Crippen LogP contribution in [0.1, 0.15) is 0 Å². The van der Waals surface area contributed by atoms with E-state index in [2.05, 4.69) is 10.2 Å². The quantitative estimate of drug-likeness (QED) is 0.632. The highest BCUT2D eigenvalue weighted by Gasteiger charge is 2.05. The number of hydrogen-bond acceptors (Lipinski definition) is 3. The second kappa shape index (κ2) is 2.88. The van der Waals surface area contributed by atoms with Gasteiger partial charge in [0.1, 0.15) is 11.4 Å². The Labute approximate surface area is 85.7 Å². The number of aromatic nitrogens is 2. The first-order chi connectivity index (χ1) is 7.34. The fraction of sp³-hybridized carbons (Fsp3) is 0. The Balaban J connectivity index is 2.23. The number of fused-ring (bicyclic) bond motifs is 1. The molecule has 0 amide bonds. The molecule has 0 atom stereocenters. The van der Waals surface area contributed by atoms with Gasteiger partial charge in [0.05, 0.1) is 12.5 Å². The maximum absolute atomic E-state index is 5.75. The van der Waals surface area contributed by atoms with Gasteiger partial charge in [0.2, 0.25) is 0 Å². The Kier molecular flexibility index (Phi) is 1.56. The number of anilines is 1. The minimum absolute atomic E-state index is 0.581. The number of hydrogen-bond donors (Lipinski definition) is 2. The molecular weight excluding hydrogens is 190 g/mol. The number of nitrogens with one attached hydrogen (secondary N) is 1. The highest BCUT2D eigenvalue weighted by molar-refractivity contribution is 5.85. The minimum atomic E-state index is 0.581. The molecule has 0 saturated heterocycles. The van der Waals surface area contributed by atoms with E-state index in [0.717, 1.165) is 22.1 Å². The van der Waals surface area contributed by atoms with Crippen molar-refractivity contribution in [3.8, 4) is 11.1 Å². The largest absolute Gasteiger partial charge is 0.464 e. The zero-order valence-electron chi connectivity index (χ0n) is 7.90. The third kappa shape index (κ3) is 1.19. The van der Waals surface area contributed by atoms with Gasteiger partial charge in [0, 0.05) is 10.9 Å². The third-order valence-corrected chi connectivity index (χ3v) is 2.43. The molecule has 0 aliphatic carbocycles. The van der Waals surface area contributed by atoms with Crippen molar-refractivity contribution in [1.29, 1.82) is 0 Å². The molecule has 1 aromatic carbocycles. The molecule has 4 nitrogen and oxygen atoms in total. The fourth-order valence-electron chi connectivity index (χ4n) is 1.66. The Morgan fingerprint density at radius 3 is 3.00 bits per heavy atom. The zero-order valence-corrected chi connectivity index (χ0v) is 7.90. The molecule has 3 rings (SSSR count). The normalized spacial score (nSPS) is 10.9. The average molecular weight is 199 g/mol. The van der Waals surface area contributed by atoms with E-state index in [1.54, 1.807) is 12.5 Å². The molecule has 74 valence electrons. The monoisotopic (exact) mass is 199 g/mol. The number of benzene rings is 1. The molecule has 0 fully saturated rings. The molecule has 0 unspecified atom stereocenters. The van der Waals surface area contributed by atoms with Gasteiger partial charge in [-0.05, 0) is 23.8 Å². The molecule has 3 N–H and O–H groups in total. The predicted octanol–water partition coefficient (Wildman–Crippen LogP) is 2.41. The highest BCUT2D eigenvalue weighted by atomic mass is 16.3. The second-order valence-electron chi connectivity index (χ2n) is 3.37. The number of H-pyrrole nitrogens is 1. The summed E-state index contributed by atoms with van der Waals surface area (Å²) in [6.07, 6.45) is 3.39. The summed E-state index contributed by atoms with van der Waals surface area (Å²) in [5, 5.41) is 7.67. The van der Waals surface area contributed by atoms with Crippen LogP contribution in [0.2, 0.25) is 0 Å². The fourth-order valence-corrected chi connectivity index (χ4v) is 1.66. The summed E-state index contributed by atoms with van der Waals surface area (Å²) in [5.74, 6) is 0.581. The van der Waals surface area contributed by atoms with Crippen LogP contribution in [-0.2, 0) is 0 Å². The van der Waals surface area contributed by atoms with E-state index < -0.39 is 0 Å². The molecule has 0 bridgehead atoms. The van der Waals surface area contributed by atoms with Crippen LogP contribution in [0.15, 0.2) is 41.1 Å². The standard InChI is InChI=1S/C11H9N3O/c12-11-9(6-13-14-11)7-1-2-10-8(5-7)3-4-15-10/h1-6H,(H3,12,13,14). The summed E-state index contributed by atoms with van der Waals surface area (Å²) < 4.78 is 5.27. The number of aromatic amines is 1. The van der Waals surface area contributed by atoms with E-state index >= 15 is 0 Å². The van der Waals surface area contributed by atoms with Crippen molar-refractivity contribution in [3.05, 3.63) is 36.7 Å². The van der Waals surface area contributed by atoms with Gasteiger partial charge in [-0.2, -0.15) is 5.10 Å². The molecule has 0 aliphatic heterocycles. The topological polar surface area (TPSA) is 67.8 Å². The van der Waals surface area contributed by atoms with Gasteiger partial charge in [-0.25, -0.2) is 0 Å². The second-order valence-corrected chi connectivity index (χ2v) is 3.37. The van der Waals surface area contributed by atoms with E-state index in [1.165, 1.54) is 0 Å². The van der Waals surface area contributed by atoms with Crippen LogP contribution >= 0.6 is 0 Å². The van der Waals surface area contributed by atoms with Crippen LogP contribution in [0.3, 0.4) is 0 Å². The summed E-state index contributed by atoms with van der Waals surface area (Å²) in [6.45, 7) is 0. The van der Waals surface area contributed by atoms with E-state index in [1.807, 2.05) is 24.3 Å². The third-order valence-electron chi connectivity index (χ3n) is 2.43. The van der Waals surface area contributed by atoms with Crippen LogP contribution in [0.4, 0.5) is 5.82 Å². The molecule has 0 aliphatic rings. The van der Waals surface area contributed by atoms with Gasteiger partial charge < -0.3 is 10.2 Å². The van der Waals surface area contributed by atoms with Crippen LogP contribution < -0.4 is 5.73 Å². The predicted molar refractivity (Wildman–Crippen MR) is 58.2 cm³/mol. The molecule has 2 heterocycles. The number of rotatable bonds is 1. The van der Waals surface area contributed by atoms with Gasteiger partial charge in [-0.1, -0.05) is 6.07 Å². The summed E-state index contributed by atoms with van der Waals surface area (Å²) in [5.41, 5.74) is 8.58. The summed E-state index contributed by atoms with van der Waals surface area (Å²) >= 11 is 0. The van der Waals surface area contributed by atoms with Gasteiger partial charge >= 0.3 is 0 Å². The minimum Gasteiger partial charge on any atom is -0.464 e. The van der Waals surface area contributed by atoms with E-state index in [9.17, 15) is 0 Å². The van der Waals surface area contributed by atoms with Gasteiger partial charge in [-0.15, -0.1) is 0 Å². The smallest absolute Gasteiger partial charge is 0.133 e. The Morgan fingerprint density at radius 2 is 2.20 bits per heavy atom. The van der Waals surface area contributed by atoms with Crippen molar-refractivity contribution < 1.29 is 4.42 Å². The average Bonchev–Trinajstić information content (AvgIpc) is 2.84. The van der Waals surface area contributed by atoms with E-state index in [4.69, 9.17) is 10.2 Å². The lowest BCUT2D eigenvalue weighted by molar-refractivity contribution is 0.616. The molecule has 15 heavy (non-hydrogen) atoms. The summed E-state index contributed by atoms with van der Waals surface area (Å²) in [4.78, 5) is 0. The number of nitrogen functional groups attached to an aromatic ring is 1. The SMILES string of the molecule is Nc1[nH]ncc1-c1ccc2occc2c1. The highest BCUT2D eigenvalue weighted by Crippen LogP contribution is 2.27. The molecule has 3 aromatic rings. The van der Waals surface area contributed by atoms with Crippen molar-refractivity contribution in [1.82, 2.24) is 10.2 Å². The molecule has 2 aromatic heterocycles. The maximum atomic E-state index is 5.75. The maximum Gasteiger partial charge on any atom is 0.133 e. The van der Waals surface area contributed by atoms with Crippen molar-refractivity contribution >= 4 is 16.8 Å². The lowest BCUT2D eigenvalue weighted by Crippen LogP contribution is -1.87. The molecule has 0 saturated carbocycles. The van der Waals surface area contributed by atoms with Crippen LogP contribution in [0.25, 0.3) is 22.1 Å². The Morgan fingerprint density at radius 1 is 1.27 bits per heavy atom. The lowest BCUT2D eigenvalue weighted by Gasteiger charge is -1.98. The van der Waals surface area contributed by atoms with Crippen molar-refractivity contribution in [3.63, 3.8) is 0 Å². The van der Waals surface area contributed by atoms with Crippen molar-refractivity contribution in [2.45, 2.75) is 0 Å². The summed E-state index contributed by atoms with van der Waals surface area (Å²) in [7, 11) is 0. The lowest BCUT2D eigenvalue weighted by atomic mass is 10.1. The van der Waals surface area contributed by atoms with E-state index in [0.29, 0.717) is 5.82 Å². The van der Waals surface area contributed by atoms with Crippen molar-refractivity contribution in [2.24, 2.45) is 0 Å². The Hall–Kier alpha value is -2.23. The first kappa shape index (κ1) is 8.11. The zero-order chi connectivity index (χ0) is 10.3. The Bertz CT molecular complexity index is 609. The van der Waals surface area contributed by atoms with Gasteiger partial charge in [0.15, 0.2) is 0 Å². The number of nitrogens with zero attached hydrogens (tertiary/aromatic N) is 1. The number of furan rings is 1. The summed E-state index contributed by atoms with van der Waals surface area (Å²) in [6, 6.07) is 7.85. The molecular formula is C11H9N3O. The first-order valence-corrected chi connectivity index (χ1v) is 4.61. The van der Waals surface area contributed by atoms with E-state index in [-0.39, 0.29) is 0 Å².